The van der Waals surface area contributed by atoms with Gasteiger partial charge in [-0.3, -0.25) is 14.5 Å². The van der Waals surface area contributed by atoms with Gasteiger partial charge in [-0.15, -0.1) is 34.9 Å². The van der Waals surface area contributed by atoms with Gasteiger partial charge >= 0.3 is 11.7 Å². The molecule has 4 heterocycles. The van der Waals surface area contributed by atoms with Crippen LogP contribution in [0, 0.1) is 0 Å². The number of oxime groups is 1. The van der Waals surface area contributed by atoms with Crippen molar-refractivity contribution in [3.63, 3.8) is 0 Å². The van der Waals surface area contributed by atoms with Crippen molar-refractivity contribution in [2.24, 2.45) is 5.16 Å². The number of carbonyl (C=O) groups is 3. The van der Waals surface area contributed by atoms with Crippen molar-refractivity contribution >= 4 is 63.5 Å². The van der Waals surface area contributed by atoms with Crippen molar-refractivity contribution in [1.82, 2.24) is 30.4 Å². The number of rotatable bonds is 8. The van der Waals surface area contributed by atoms with Gasteiger partial charge in [0, 0.05) is 16.9 Å². The number of carboxylic acid groups (broad SMARTS) is 1. The third-order valence-corrected chi connectivity index (χ3v) is 7.64. The first-order valence-corrected chi connectivity index (χ1v) is 12.3. The molecule has 5 N–H and O–H groups in total. The largest absolute Gasteiger partial charge is 0.477 e. The Morgan fingerprint density at radius 1 is 1.44 bits per heavy atom. The number of nitrogens with two attached hydrogens (primary N) is 1. The number of hydrogen-bond donors (Lipinski definition) is 4. The van der Waals surface area contributed by atoms with Gasteiger partial charge in [-0.1, -0.05) is 5.16 Å². The number of anilines is 1. The van der Waals surface area contributed by atoms with Crippen LogP contribution in [0.5, 0.6) is 0 Å². The van der Waals surface area contributed by atoms with E-state index in [0.29, 0.717) is 16.4 Å². The number of amides is 2. The molecule has 1 unspecified atom stereocenters. The van der Waals surface area contributed by atoms with Gasteiger partial charge < -0.3 is 21.0 Å². The molecule has 2 aliphatic heterocycles. The van der Waals surface area contributed by atoms with E-state index in [2.05, 4.69) is 30.6 Å². The molecule has 178 valence electrons. The van der Waals surface area contributed by atoms with Crippen LogP contribution >= 0.6 is 34.9 Å². The number of carboxylic acids is 1. The molecule has 2 atom stereocenters. The average Bonchev–Trinajstić information content (AvgIpc) is 3.24. The Labute approximate surface area is 203 Å². The topological polar surface area (TPSA) is 206 Å². The van der Waals surface area contributed by atoms with Crippen molar-refractivity contribution in [3.05, 3.63) is 39.0 Å². The molecule has 14 nitrogen and oxygen atoms in total. The van der Waals surface area contributed by atoms with Crippen molar-refractivity contribution < 1.29 is 24.3 Å². The third kappa shape index (κ3) is 4.62. The number of aromatic amines is 1. The molecule has 2 aromatic rings. The molecule has 0 bridgehead atoms. The van der Waals surface area contributed by atoms with Crippen molar-refractivity contribution in [2.45, 2.75) is 16.4 Å². The summed E-state index contributed by atoms with van der Waals surface area (Å²) in [6, 6.07) is -0.961. The lowest BCUT2D eigenvalue weighted by atomic mass is 10.0. The first-order chi connectivity index (χ1) is 16.3. The number of aromatic nitrogens is 4. The second-order valence-electron chi connectivity index (χ2n) is 6.73. The number of nitrogen functional groups attached to an aromatic ring is 1. The van der Waals surface area contributed by atoms with Crippen LogP contribution in [0.15, 0.2) is 37.8 Å². The molecule has 4 rings (SSSR count). The summed E-state index contributed by atoms with van der Waals surface area (Å²) in [4.78, 5) is 62.5. The Morgan fingerprint density at radius 3 is 2.88 bits per heavy atom. The van der Waals surface area contributed by atoms with Crippen molar-refractivity contribution in [2.75, 3.05) is 24.3 Å². The maximum Gasteiger partial charge on any atom is 0.362 e. The van der Waals surface area contributed by atoms with Crippen molar-refractivity contribution in [1.29, 1.82) is 0 Å². The fourth-order valence-corrected chi connectivity index (χ4v) is 6.08. The van der Waals surface area contributed by atoms with E-state index in [1.54, 1.807) is 0 Å². The van der Waals surface area contributed by atoms with E-state index in [-0.39, 0.29) is 28.0 Å². The zero-order chi connectivity index (χ0) is 24.4. The number of nitrogens with one attached hydrogen (secondary N) is 2. The fraction of sp³-hybridized carbons (Fsp3) is 0.294. The monoisotopic (exact) mass is 524 g/mol. The molecule has 17 heteroatoms. The summed E-state index contributed by atoms with van der Waals surface area (Å²) in [6.45, 7) is 0. The summed E-state index contributed by atoms with van der Waals surface area (Å²) in [5.74, 6) is -2.06. The molecule has 0 radical (unpaired) electrons. The van der Waals surface area contributed by atoms with Gasteiger partial charge in [-0.2, -0.15) is 10.1 Å². The maximum atomic E-state index is 12.9. The Hall–Kier alpha value is -3.44. The summed E-state index contributed by atoms with van der Waals surface area (Å²) >= 11 is 3.55. The number of aliphatic carboxylic acids is 1. The minimum atomic E-state index is -1.27. The lowest BCUT2D eigenvalue weighted by Gasteiger charge is -2.49. The molecule has 2 aliphatic rings. The van der Waals surface area contributed by atoms with Gasteiger partial charge in [0.05, 0.1) is 6.20 Å². The highest BCUT2D eigenvalue weighted by Crippen LogP contribution is 2.41. The van der Waals surface area contributed by atoms with Gasteiger partial charge in [0.2, 0.25) is 0 Å². The van der Waals surface area contributed by atoms with E-state index in [9.17, 15) is 24.3 Å². The minimum absolute atomic E-state index is 0.150. The van der Waals surface area contributed by atoms with Gasteiger partial charge in [0.1, 0.15) is 34.9 Å². The van der Waals surface area contributed by atoms with E-state index in [1.807, 2.05) is 0 Å². The third-order valence-electron chi connectivity index (χ3n) is 4.64. The Morgan fingerprint density at radius 2 is 2.24 bits per heavy atom. The molecule has 2 amide bonds. The normalized spacial score (nSPS) is 20.0. The van der Waals surface area contributed by atoms with E-state index >= 15 is 0 Å². The highest BCUT2D eigenvalue weighted by molar-refractivity contribution is 8.01. The standard InChI is InChI=1S/C17H16N8O6S3/c1-31-24-9(7-5-34-16(18)20-7)12(26)22-10-13(27)25-11(15(28)29)6(4-33-14(10)25)3-32-8-2-19-23-17(30)21-8/h2,5,10,14H,3-4H2,1H3,(H2,18,20)(H,22,26)(H,28,29)(H,21,23,30)/t10?,14-/m0/s1. The average molecular weight is 525 g/mol. The van der Waals surface area contributed by atoms with Crippen LogP contribution in [0.25, 0.3) is 0 Å². The number of β-lactam (4-membered cyclic amide) rings is 1. The SMILES string of the molecule is CON=C(C(=O)NC1C(=O)N2C(C(=O)O)=C(CSc3cn[nH]c(=O)n3)CS[C@@H]12)c1csc(N)n1. The van der Waals surface area contributed by atoms with E-state index in [4.69, 9.17) is 10.6 Å². The number of thiazole rings is 1. The van der Waals surface area contributed by atoms with Crippen LogP contribution in [0.3, 0.4) is 0 Å². The van der Waals surface area contributed by atoms with Gasteiger partial charge in [0.25, 0.3) is 11.8 Å². The zero-order valence-electron chi connectivity index (χ0n) is 17.3. The zero-order valence-corrected chi connectivity index (χ0v) is 19.7. The molecule has 2 aromatic heterocycles. The number of nitrogens with zero attached hydrogens (tertiary/aromatic N) is 5. The molecule has 0 aliphatic carbocycles. The van der Waals surface area contributed by atoms with Gasteiger partial charge in [-0.25, -0.2) is 19.7 Å². The molecule has 0 saturated carbocycles. The molecule has 34 heavy (non-hydrogen) atoms. The van der Waals surface area contributed by atoms with E-state index in [1.165, 1.54) is 30.4 Å². The molecular formula is C17H16N8O6S3. The summed E-state index contributed by atoms with van der Waals surface area (Å²) in [5, 5.41) is 23.3. The van der Waals surface area contributed by atoms with E-state index in [0.717, 1.165) is 28.0 Å². The smallest absolute Gasteiger partial charge is 0.362 e. The second kappa shape index (κ2) is 9.82. The number of fused-ring (bicyclic) bond motifs is 1. The first-order valence-electron chi connectivity index (χ1n) is 9.38. The summed E-state index contributed by atoms with van der Waals surface area (Å²) < 4.78 is 0. The quantitative estimate of drug-likeness (QED) is 0.143. The molecule has 0 aromatic carbocycles. The lowest BCUT2D eigenvalue weighted by Crippen LogP contribution is -2.71. The molecule has 0 spiro atoms. The fourth-order valence-electron chi connectivity index (χ4n) is 3.22. The predicted octanol–water partition coefficient (Wildman–Crippen LogP) is -0.915. The second-order valence-corrected chi connectivity index (χ2v) is 9.72. The van der Waals surface area contributed by atoms with Crippen LogP contribution < -0.4 is 16.7 Å². The molecule has 1 saturated heterocycles. The lowest BCUT2D eigenvalue weighted by molar-refractivity contribution is -0.150. The molecular weight excluding hydrogens is 508 g/mol. The van der Waals surface area contributed by atoms with Crippen LogP contribution in [-0.2, 0) is 19.2 Å². The Kier molecular flexibility index (Phi) is 6.85. The van der Waals surface area contributed by atoms with Crippen LogP contribution in [0.2, 0.25) is 0 Å². The van der Waals surface area contributed by atoms with Crippen LogP contribution in [0.4, 0.5) is 5.13 Å². The Bertz CT molecular complexity index is 1270. The Balaban J connectivity index is 1.49. The number of thioether (sulfide) groups is 2. The van der Waals surface area contributed by atoms with Gasteiger partial charge in [-0.05, 0) is 5.57 Å². The number of hydrogen-bond acceptors (Lipinski definition) is 13. The van der Waals surface area contributed by atoms with Gasteiger partial charge in [0.15, 0.2) is 10.8 Å². The van der Waals surface area contributed by atoms with Crippen LogP contribution in [-0.4, -0.2) is 83.7 Å². The summed E-state index contributed by atoms with van der Waals surface area (Å²) in [7, 11) is 1.26. The van der Waals surface area contributed by atoms with Crippen molar-refractivity contribution in [3.8, 4) is 0 Å². The summed E-state index contributed by atoms with van der Waals surface area (Å²) in [5.41, 5.74) is 5.36. The highest BCUT2D eigenvalue weighted by atomic mass is 32.2. The highest BCUT2D eigenvalue weighted by Gasteiger charge is 2.54. The minimum Gasteiger partial charge on any atom is -0.477 e. The van der Waals surface area contributed by atoms with E-state index < -0.39 is 34.9 Å². The maximum absolute atomic E-state index is 12.9. The first kappa shape index (κ1) is 23.7. The summed E-state index contributed by atoms with van der Waals surface area (Å²) in [6.07, 6.45) is 1.35. The number of H-pyrrole nitrogens is 1. The van der Waals surface area contributed by atoms with Crippen LogP contribution in [0.1, 0.15) is 5.69 Å². The molecule has 1 fully saturated rings. The number of carbonyl (C=O) groups excluding carboxylic acids is 2. The predicted molar refractivity (Wildman–Crippen MR) is 123 cm³/mol.